The molecule has 11 nitrogen and oxygen atoms in total. The minimum Gasteiger partial charge on any atom is -0.497 e. The number of nitrogens with zero attached hydrogens (tertiary/aromatic N) is 2. The molecular formula is C32H26N4O7. The van der Waals surface area contributed by atoms with Gasteiger partial charge in [0.1, 0.15) is 11.5 Å². The van der Waals surface area contributed by atoms with Gasteiger partial charge in [0.05, 0.1) is 18.2 Å². The summed E-state index contributed by atoms with van der Waals surface area (Å²) in [5.74, 6) is -0.911. The Labute approximate surface area is 246 Å². The first-order chi connectivity index (χ1) is 20.7. The van der Waals surface area contributed by atoms with Crippen LogP contribution in [0.1, 0.15) is 37.4 Å². The highest BCUT2D eigenvalue weighted by Gasteiger charge is 2.13. The summed E-state index contributed by atoms with van der Waals surface area (Å²) in [6.07, 6.45) is 3.88. The quantitative estimate of drug-likeness (QED) is 0.0626. The number of hydrogen-bond donors (Lipinski definition) is 2. The molecule has 0 fully saturated rings. The summed E-state index contributed by atoms with van der Waals surface area (Å²) in [6.45, 7) is 1.93. The first kappa shape index (κ1) is 29.9. The van der Waals surface area contributed by atoms with Gasteiger partial charge in [0.2, 0.25) is 0 Å². The smallest absolute Gasteiger partial charge is 0.336 e. The van der Waals surface area contributed by atoms with E-state index < -0.39 is 16.8 Å². The number of hydrogen-bond acceptors (Lipinski definition) is 8. The molecule has 0 atom stereocenters. The lowest BCUT2D eigenvalue weighted by atomic mass is 10.1. The van der Waals surface area contributed by atoms with Crippen molar-refractivity contribution in [3.05, 3.63) is 135 Å². The first-order valence-electron chi connectivity index (χ1n) is 12.9. The molecule has 0 aliphatic heterocycles. The SMILES string of the molecule is COc1ccc(/C=C/C(=O)Oc2ccc([N+](=O)[O-])cc2/C=N/NC(=O)c2ccc(NC(=O)c3ccc(C)cc3)cc2)cc1. The fourth-order valence-corrected chi connectivity index (χ4v) is 3.70. The number of carbonyl (C=O) groups excluding carboxylic acids is 3. The molecule has 0 saturated carbocycles. The van der Waals surface area contributed by atoms with Gasteiger partial charge in [-0.2, -0.15) is 5.10 Å². The van der Waals surface area contributed by atoms with E-state index in [1.54, 1.807) is 61.7 Å². The number of carbonyl (C=O) groups is 3. The summed E-state index contributed by atoms with van der Waals surface area (Å²) < 4.78 is 10.5. The van der Waals surface area contributed by atoms with E-state index in [1.807, 2.05) is 19.1 Å². The topological polar surface area (TPSA) is 149 Å². The van der Waals surface area contributed by atoms with E-state index in [2.05, 4.69) is 15.8 Å². The minimum absolute atomic E-state index is 0.00153. The number of ether oxygens (including phenoxy) is 2. The molecule has 2 N–H and O–H groups in total. The van der Waals surface area contributed by atoms with E-state index in [9.17, 15) is 24.5 Å². The van der Waals surface area contributed by atoms with Gasteiger partial charge in [-0.25, -0.2) is 10.2 Å². The molecule has 0 spiro atoms. The fourth-order valence-electron chi connectivity index (χ4n) is 3.70. The van der Waals surface area contributed by atoms with Crippen LogP contribution in [0.2, 0.25) is 0 Å². The van der Waals surface area contributed by atoms with E-state index in [1.165, 1.54) is 30.3 Å². The lowest BCUT2D eigenvalue weighted by Crippen LogP contribution is -2.18. The maximum Gasteiger partial charge on any atom is 0.336 e. The normalized spacial score (nSPS) is 10.8. The van der Waals surface area contributed by atoms with E-state index in [4.69, 9.17) is 9.47 Å². The molecule has 0 aliphatic rings. The zero-order valence-electron chi connectivity index (χ0n) is 23.1. The van der Waals surface area contributed by atoms with Crippen LogP contribution in [-0.2, 0) is 4.79 Å². The molecule has 216 valence electrons. The number of nitrogens with one attached hydrogen (secondary N) is 2. The Morgan fingerprint density at radius 1 is 0.860 bits per heavy atom. The van der Waals surface area contributed by atoms with Crippen molar-refractivity contribution in [3.8, 4) is 11.5 Å². The maximum absolute atomic E-state index is 12.6. The number of non-ortho nitro benzene ring substituents is 1. The van der Waals surface area contributed by atoms with Crippen LogP contribution in [0, 0.1) is 17.0 Å². The molecule has 0 radical (unpaired) electrons. The largest absolute Gasteiger partial charge is 0.497 e. The van der Waals surface area contributed by atoms with Crippen LogP contribution in [0.15, 0.2) is 102 Å². The molecule has 0 unspecified atom stereocenters. The van der Waals surface area contributed by atoms with Crippen molar-refractivity contribution >= 4 is 41.4 Å². The summed E-state index contributed by atoms with van der Waals surface area (Å²) in [7, 11) is 1.55. The Morgan fingerprint density at radius 3 is 2.16 bits per heavy atom. The number of amides is 2. The summed E-state index contributed by atoms with van der Waals surface area (Å²) in [5, 5.41) is 17.9. The predicted molar refractivity (Wildman–Crippen MR) is 161 cm³/mol. The van der Waals surface area contributed by atoms with Gasteiger partial charge in [0.15, 0.2) is 0 Å². The third-order valence-corrected chi connectivity index (χ3v) is 6.03. The molecule has 0 aromatic heterocycles. The van der Waals surface area contributed by atoms with Crippen LogP contribution in [-0.4, -0.2) is 36.0 Å². The number of esters is 1. The van der Waals surface area contributed by atoms with Gasteiger partial charge < -0.3 is 14.8 Å². The van der Waals surface area contributed by atoms with Gasteiger partial charge >= 0.3 is 5.97 Å². The van der Waals surface area contributed by atoms with Crippen molar-refractivity contribution in [1.29, 1.82) is 0 Å². The molecule has 0 saturated heterocycles. The van der Waals surface area contributed by atoms with Crippen LogP contribution in [0.4, 0.5) is 11.4 Å². The lowest BCUT2D eigenvalue weighted by Gasteiger charge is -2.07. The highest BCUT2D eigenvalue weighted by molar-refractivity contribution is 6.04. The second-order valence-corrected chi connectivity index (χ2v) is 9.10. The zero-order valence-corrected chi connectivity index (χ0v) is 23.1. The summed E-state index contributed by atoms with van der Waals surface area (Å²) in [5.41, 5.74) is 5.18. The molecular weight excluding hydrogens is 552 g/mol. The Balaban J connectivity index is 1.40. The Bertz CT molecular complexity index is 1700. The maximum atomic E-state index is 12.6. The number of hydrazone groups is 1. The number of anilines is 1. The second kappa shape index (κ2) is 14.0. The summed E-state index contributed by atoms with van der Waals surface area (Å²) in [6, 6.07) is 23.9. The van der Waals surface area contributed by atoms with Crippen molar-refractivity contribution in [1.82, 2.24) is 5.43 Å². The van der Waals surface area contributed by atoms with E-state index in [0.29, 0.717) is 17.0 Å². The number of rotatable bonds is 10. The van der Waals surface area contributed by atoms with Gasteiger partial charge in [-0.3, -0.25) is 19.7 Å². The van der Waals surface area contributed by atoms with Crippen molar-refractivity contribution in [2.75, 3.05) is 12.4 Å². The van der Waals surface area contributed by atoms with Gasteiger partial charge in [0.25, 0.3) is 17.5 Å². The van der Waals surface area contributed by atoms with Crippen molar-refractivity contribution in [3.63, 3.8) is 0 Å². The van der Waals surface area contributed by atoms with Crippen molar-refractivity contribution in [2.45, 2.75) is 6.92 Å². The third kappa shape index (κ3) is 8.44. The highest BCUT2D eigenvalue weighted by Crippen LogP contribution is 2.23. The van der Waals surface area contributed by atoms with E-state index in [-0.39, 0.29) is 28.5 Å². The number of aryl methyl sites for hydroxylation is 1. The van der Waals surface area contributed by atoms with Crippen LogP contribution in [0.25, 0.3) is 6.08 Å². The molecule has 43 heavy (non-hydrogen) atoms. The zero-order chi connectivity index (χ0) is 30.8. The van der Waals surface area contributed by atoms with Crippen LogP contribution in [0.3, 0.4) is 0 Å². The van der Waals surface area contributed by atoms with Gasteiger partial charge in [-0.1, -0.05) is 29.8 Å². The Hall–Kier alpha value is -6.10. The molecule has 2 amide bonds. The second-order valence-electron chi connectivity index (χ2n) is 9.10. The Morgan fingerprint density at radius 2 is 1.51 bits per heavy atom. The van der Waals surface area contributed by atoms with Crippen LogP contribution < -0.4 is 20.2 Å². The number of nitro groups is 1. The first-order valence-corrected chi connectivity index (χ1v) is 12.9. The van der Waals surface area contributed by atoms with Gasteiger partial charge in [-0.15, -0.1) is 0 Å². The lowest BCUT2D eigenvalue weighted by molar-refractivity contribution is -0.384. The molecule has 11 heteroatoms. The highest BCUT2D eigenvalue weighted by atomic mass is 16.6. The standard InChI is InChI=1S/C32H26N4O7/c1-21-3-8-23(9-4-21)31(38)34-26-12-10-24(11-13-26)32(39)35-33-20-25-19-27(36(40)41)14-17-29(25)43-30(37)18-7-22-5-15-28(42-2)16-6-22/h3-20H,1-2H3,(H,34,38)(H,35,39)/b18-7+,33-20+. The summed E-state index contributed by atoms with van der Waals surface area (Å²) in [4.78, 5) is 48.1. The third-order valence-electron chi connectivity index (χ3n) is 6.03. The molecule has 4 aromatic carbocycles. The average Bonchev–Trinajstić information content (AvgIpc) is 3.01. The molecule has 4 aromatic rings. The van der Waals surface area contributed by atoms with Crippen LogP contribution in [0.5, 0.6) is 11.5 Å². The fraction of sp³-hybridized carbons (Fsp3) is 0.0625. The monoisotopic (exact) mass is 578 g/mol. The number of nitro benzene ring substituents is 1. The molecule has 0 heterocycles. The number of benzene rings is 4. The van der Waals surface area contributed by atoms with Crippen molar-refractivity contribution < 1.29 is 28.8 Å². The molecule has 4 rings (SSSR count). The van der Waals surface area contributed by atoms with Gasteiger partial charge in [0, 0.05) is 40.6 Å². The number of methoxy groups -OCH3 is 1. The summed E-state index contributed by atoms with van der Waals surface area (Å²) >= 11 is 0. The average molecular weight is 579 g/mol. The van der Waals surface area contributed by atoms with E-state index >= 15 is 0 Å². The van der Waals surface area contributed by atoms with E-state index in [0.717, 1.165) is 23.4 Å². The Kier molecular flexibility index (Phi) is 9.72. The molecule has 0 bridgehead atoms. The molecule has 0 aliphatic carbocycles. The van der Waals surface area contributed by atoms with Gasteiger partial charge in [-0.05, 0) is 73.2 Å². The van der Waals surface area contributed by atoms with Crippen LogP contribution >= 0.6 is 0 Å². The van der Waals surface area contributed by atoms with Crippen molar-refractivity contribution in [2.24, 2.45) is 5.10 Å². The predicted octanol–water partition coefficient (Wildman–Crippen LogP) is 5.55. The minimum atomic E-state index is -0.724.